The van der Waals surface area contributed by atoms with Gasteiger partial charge in [0.2, 0.25) is 17.7 Å². The van der Waals surface area contributed by atoms with Gasteiger partial charge >= 0.3 is 0 Å². The molecule has 0 saturated carbocycles. The van der Waals surface area contributed by atoms with Gasteiger partial charge in [0.15, 0.2) is 0 Å². The Kier molecular flexibility index (Phi) is 4.02. The molecule has 1 aromatic carbocycles. The van der Waals surface area contributed by atoms with Gasteiger partial charge < -0.3 is 18.7 Å². The van der Waals surface area contributed by atoms with Gasteiger partial charge in [0.05, 0.1) is 24.2 Å². The van der Waals surface area contributed by atoms with E-state index in [9.17, 15) is 0 Å². The van der Waals surface area contributed by atoms with Crippen molar-refractivity contribution in [3.63, 3.8) is 0 Å². The van der Waals surface area contributed by atoms with Crippen molar-refractivity contribution in [3.8, 4) is 11.5 Å². The molecule has 0 radical (unpaired) electrons. The van der Waals surface area contributed by atoms with Gasteiger partial charge in [-0.05, 0) is 24.3 Å². The molecule has 4 heterocycles. The van der Waals surface area contributed by atoms with Crippen LogP contribution in [0.2, 0.25) is 0 Å². The highest BCUT2D eigenvalue weighted by Crippen LogP contribution is 2.25. The lowest BCUT2D eigenvalue weighted by Gasteiger charge is -2.28. The number of benzene rings is 1. The second-order valence-electron chi connectivity index (χ2n) is 6.31. The molecule has 5 rings (SSSR count). The maximum Gasteiger partial charge on any atom is 0.247 e. The Hall–Kier alpha value is -3.26. The number of fused-ring (bicyclic) bond motifs is 1. The second kappa shape index (κ2) is 6.81. The smallest absolute Gasteiger partial charge is 0.247 e. The first-order valence-electron chi connectivity index (χ1n) is 8.90. The van der Waals surface area contributed by atoms with E-state index in [0.717, 1.165) is 30.1 Å². The van der Waals surface area contributed by atoms with Crippen molar-refractivity contribution in [1.29, 1.82) is 0 Å². The van der Waals surface area contributed by atoms with E-state index >= 15 is 0 Å². The highest BCUT2D eigenvalue weighted by atomic mass is 16.5. The fraction of sp³-hybridized carbons (Fsp3) is 0.263. The van der Waals surface area contributed by atoms with Crippen molar-refractivity contribution >= 4 is 17.0 Å². The van der Waals surface area contributed by atoms with Crippen LogP contribution in [0.25, 0.3) is 22.6 Å². The fourth-order valence-corrected chi connectivity index (χ4v) is 3.28. The molecule has 1 aliphatic rings. The molecule has 1 fully saturated rings. The second-order valence-corrected chi connectivity index (χ2v) is 6.31. The van der Waals surface area contributed by atoms with E-state index in [1.54, 1.807) is 6.20 Å². The molecule has 8 heteroatoms. The normalized spacial score (nSPS) is 14.7. The maximum atomic E-state index is 5.49. The molecule has 4 aromatic rings. The molecule has 3 aromatic heterocycles. The van der Waals surface area contributed by atoms with E-state index in [1.807, 2.05) is 36.4 Å². The first kappa shape index (κ1) is 16.0. The van der Waals surface area contributed by atoms with Crippen LogP contribution in [0.4, 0.5) is 5.95 Å². The first-order valence-corrected chi connectivity index (χ1v) is 8.90. The van der Waals surface area contributed by atoms with Crippen molar-refractivity contribution < 1.29 is 9.26 Å². The highest BCUT2D eigenvalue weighted by Gasteiger charge is 2.21. The van der Waals surface area contributed by atoms with Crippen molar-refractivity contribution in [2.75, 3.05) is 31.2 Å². The van der Waals surface area contributed by atoms with Crippen LogP contribution < -0.4 is 4.90 Å². The molecule has 27 heavy (non-hydrogen) atoms. The Morgan fingerprint density at radius 2 is 1.81 bits per heavy atom. The average molecular weight is 362 g/mol. The highest BCUT2D eigenvalue weighted by molar-refractivity contribution is 5.79. The van der Waals surface area contributed by atoms with E-state index < -0.39 is 0 Å². The van der Waals surface area contributed by atoms with E-state index in [4.69, 9.17) is 14.2 Å². The summed E-state index contributed by atoms with van der Waals surface area (Å²) in [5, 5.41) is 4.07. The summed E-state index contributed by atoms with van der Waals surface area (Å²) in [6, 6.07) is 13.7. The SMILES string of the molecule is c1ccc(-c2noc(Cn3c(N4CCOCC4)nc4ccccc43)n2)nc1. The molecule has 0 atom stereocenters. The maximum absolute atomic E-state index is 5.49. The van der Waals surface area contributed by atoms with Crippen LogP contribution in [-0.2, 0) is 11.3 Å². The third-order valence-electron chi connectivity index (χ3n) is 4.58. The Bertz CT molecular complexity index is 1050. The average Bonchev–Trinajstić information content (AvgIpc) is 3.35. The number of para-hydroxylation sites is 2. The minimum Gasteiger partial charge on any atom is -0.378 e. The molecule has 136 valence electrons. The quantitative estimate of drug-likeness (QED) is 0.551. The molecule has 1 saturated heterocycles. The first-order chi connectivity index (χ1) is 13.4. The fourth-order valence-electron chi connectivity index (χ4n) is 3.28. The van der Waals surface area contributed by atoms with E-state index in [1.165, 1.54) is 0 Å². The van der Waals surface area contributed by atoms with Gasteiger partial charge in [0, 0.05) is 19.3 Å². The lowest BCUT2D eigenvalue weighted by Crippen LogP contribution is -2.38. The molecule has 0 aliphatic carbocycles. The van der Waals surface area contributed by atoms with Crippen LogP contribution in [0, 0.1) is 0 Å². The molecule has 1 aliphatic heterocycles. The lowest BCUT2D eigenvalue weighted by atomic mass is 10.3. The van der Waals surface area contributed by atoms with Gasteiger partial charge in [-0.3, -0.25) is 4.98 Å². The number of nitrogens with zero attached hydrogens (tertiary/aromatic N) is 6. The number of aromatic nitrogens is 5. The van der Waals surface area contributed by atoms with Gasteiger partial charge in [-0.15, -0.1) is 0 Å². The molecule has 0 spiro atoms. The van der Waals surface area contributed by atoms with E-state index in [0.29, 0.717) is 37.2 Å². The van der Waals surface area contributed by atoms with E-state index in [2.05, 4.69) is 30.7 Å². The zero-order chi connectivity index (χ0) is 18.1. The van der Waals surface area contributed by atoms with Gasteiger partial charge in [-0.1, -0.05) is 23.4 Å². The minimum absolute atomic E-state index is 0.451. The zero-order valence-corrected chi connectivity index (χ0v) is 14.7. The number of ether oxygens (including phenoxy) is 1. The number of hydrogen-bond acceptors (Lipinski definition) is 7. The van der Waals surface area contributed by atoms with Crippen LogP contribution in [0.5, 0.6) is 0 Å². The van der Waals surface area contributed by atoms with Crippen LogP contribution in [0.15, 0.2) is 53.2 Å². The van der Waals surface area contributed by atoms with Crippen molar-refractivity contribution in [3.05, 3.63) is 54.6 Å². The van der Waals surface area contributed by atoms with Gasteiger partial charge in [0.1, 0.15) is 12.2 Å². The largest absolute Gasteiger partial charge is 0.378 e. The molecular formula is C19H18N6O2. The van der Waals surface area contributed by atoms with Crippen LogP contribution in [0.1, 0.15) is 5.89 Å². The number of anilines is 1. The number of rotatable bonds is 4. The number of hydrogen-bond donors (Lipinski definition) is 0. The Labute approximate surface area is 155 Å². The zero-order valence-electron chi connectivity index (χ0n) is 14.7. The van der Waals surface area contributed by atoms with Gasteiger partial charge in [-0.25, -0.2) is 4.98 Å². The van der Waals surface area contributed by atoms with Crippen molar-refractivity contribution in [1.82, 2.24) is 24.7 Å². The Morgan fingerprint density at radius 1 is 0.963 bits per heavy atom. The summed E-state index contributed by atoms with van der Waals surface area (Å²) in [5.41, 5.74) is 2.68. The van der Waals surface area contributed by atoms with Crippen LogP contribution in [-0.4, -0.2) is 51.0 Å². The Balaban J connectivity index is 1.52. The summed E-state index contributed by atoms with van der Waals surface area (Å²) in [4.78, 5) is 15.9. The number of pyridine rings is 1. The number of imidazole rings is 1. The van der Waals surface area contributed by atoms with Gasteiger partial charge in [-0.2, -0.15) is 4.98 Å². The summed E-state index contributed by atoms with van der Waals surface area (Å²) in [5.74, 6) is 1.91. The predicted molar refractivity (Wildman–Crippen MR) is 99.4 cm³/mol. The molecule has 0 unspecified atom stereocenters. The summed E-state index contributed by atoms with van der Waals surface area (Å²) in [7, 11) is 0. The molecule has 0 bridgehead atoms. The minimum atomic E-state index is 0.451. The number of morpholine rings is 1. The summed E-state index contributed by atoms with van der Waals surface area (Å²) in [6.45, 7) is 3.48. The molecular weight excluding hydrogens is 344 g/mol. The molecule has 0 amide bonds. The standard InChI is InChI=1S/C19H18N6O2/c1-2-7-16-14(5-1)21-19(24-9-11-26-12-10-24)25(16)13-17-22-18(23-27-17)15-6-3-4-8-20-15/h1-8H,9-13H2. The lowest BCUT2D eigenvalue weighted by molar-refractivity contribution is 0.121. The van der Waals surface area contributed by atoms with Crippen molar-refractivity contribution in [2.45, 2.75) is 6.54 Å². The third kappa shape index (κ3) is 3.04. The molecule has 8 nitrogen and oxygen atoms in total. The third-order valence-corrected chi connectivity index (χ3v) is 4.58. The topological polar surface area (TPSA) is 82.1 Å². The van der Waals surface area contributed by atoms with Gasteiger partial charge in [0.25, 0.3) is 0 Å². The molecule has 0 N–H and O–H groups in total. The van der Waals surface area contributed by atoms with E-state index in [-0.39, 0.29) is 0 Å². The van der Waals surface area contributed by atoms with Crippen LogP contribution >= 0.6 is 0 Å². The summed E-state index contributed by atoms with van der Waals surface area (Å²) in [6.07, 6.45) is 1.71. The predicted octanol–water partition coefficient (Wildman–Crippen LogP) is 2.37. The summed E-state index contributed by atoms with van der Waals surface area (Å²) >= 11 is 0. The Morgan fingerprint density at radius 3 is 2.67 bits per heavy atom. The van der Waals surface area contributed by atoms with Crippen molar-refractivity contribution in [2.24, 2.45) is 0 Å². The summed E-state index contributed by atoms with van der Waals surface area (Å²) < 4.78 is 13.1. The monoisotopic (exact) mass is 362 g/mol. The van der Waals surface area contributed by atoms with Crippen LogP contribution in [0.3, 0.4) is 0 Å².